The predicted octanol–water partition coefficient (Wildman–Crippen LogP) is 7.58. The number of hydrogen-bond acceptors (Lipinski definition) is 1. The lowest BCUT2D eigenvalue weighted by atomic mass is 10.1. The minimum absolute atomic E-state index is 0.263. The Morgan fingerprint density at radius 2 is 1.25 bits per heavy atom. The van der Waals surface area contributed by atoms with Gasteiger partial charge in [0.15, 0.2) is 5.75 Å². The first-order valence-corrected chi connectivity index (χ1v) is 10.4. The molecule has 2 heterocycles. The molecular weight excluding hydrogens is 391 g/mol. The number of H-pyrrole nitrogens is 2. The Hall–Kier alpha value is -2.36. The van der Waals surface area contributed by atoms with E-state index >= 15 is 0 Å². The molecule has 3 nitrogen and oxygen atoms in total. The molecule has 0 aliphatic heterocycles. The second-order valence-corrected chi connectivity index (χ2v) is 8.58. The van der Waals surface area contributed by atoms with Gasteiger partial charge in [0.1, 0.15) is 0 Å². The largest absolute Gasteiger partial charge is 0.486 e. The third-order valence-electron chi connectivity index (χ3n) is 5.93. The van der Waals surface area contributed by atoms with Gasteiger partial charge in [-0.3, -0.25) is 0 Å². The van der Waals surface area contributed by atoms with Crippen LogP contribution in [-0.4, -0.2) is 16.1 Å². The molecule has 140 valence electrons. The zero-order chi connectivity index (χ0) is 18.8. The summed E-state index contributed by atoms with van der Waals surface area (Å²) >= 11 is 12.6. The zero-order valence-electron chi connectivity index (χ0n) is 15.1. The van der Waals surface area contributed by atoms with Crippen molar-refractivity contribution < 1.29 is 4.74 Å². The van der Waals surface area contributed by atoms with Crippen molar-refractivity contribution in [3.63, 3.8) is 0 Å². The standard InChI is InChI=1S/C23H18Cl2N2O/c24-12-5-7-19-15(9-12)17-11-18-16-10-13(25)6-8-20(16)27-22(18)23(21(17)26-19)28-14-3-1-2-4-14/h5-11,14,26-27H,1-4H2. The molecule has 5 heteroatoms. The quantitative estimate of drug-likeness (QED) is 0.310. The van der Waals surface area contributed by atoms with Crippen LogP contribution < -0.4 is 4.74 Å². The Balaban J connectivity index is 1.75. The van der Waals surface area contributed by atoms with Crippen LogP contribution in [0.2, 0.25) is 10.0 Å². The van der Waals surface area contributed by atoms with Crippen LogP contribution in [-0.2, 0) is 0 Å². The highest BCUT2D eigenvalue weighted by Crippen LogP contribution is 2.43. The van der Waals surface area contributed by atoms with E-state index in [-0.39, 0.29) is 6.10 Å². The summed E-state index contributed by atoms with van der Waals surface area (Å²) in [7, 11) is 0. The molecule has 2 aromatic heterocycles. The van der Waals surface area contributed by atoms with Gasteiger partial charge in [0.2, 0.25) is 0 Å². The van der Waals surface area contributed by atoms with Gasteiger partial charge < -0.3 is 14.7 Å². The summed E-state index contributed by atoms with van der Waals surface area (Å²) in [5.41, 5.74) is 4.17. The maximum Gasteiger partial charge on any atom is 0.167 e. The van der Waals surface area contributed by atoms with Crippen molar-refractivity contribution in [3.8, 4) is 5.75 Å². The Labute approximate surface area is 171 Å². The van der Waals surface area contributed by atoms with Gasteiger partial charge >= 0.3 is 0 Å². The molecule has 0 bridgehead atoms. The maximum atomic E-state index is 6.59. The number of benzene rings is 3. The topological polar surface area (TPSA) is 40.8 Å². The summed E-state index contributed by atoms with van der Waals surface area (Å²) in [6.07, 6.45) is 4.94. The fourth-order valence-corrected chi connectivity index (χ4v) is 4.93. The molecule has 0 saturated heterocycles. The second-order valence-electron chi connectivity index (χ2n) is 7.70. The Bertz CT molecular complexity index is 1280. The molecule has 6 rings (SSSR count). The van der Waals surface area contributed by atoms with E-state index in [1.165, 1.54) is 12.8 Å². The lowest BCUT2D eigenvalue weighted by Crippen LogP contribution is -2.11. The molecule has 1 aliphatic rings. The third-order valence-corrected chi connectivity index (χ3v) is 6.40. The lowest BCUT2D eigenvalue weighted by Gasteiger charge is -2.15. The van der Waals surface area contributed by atoms with Crippen molar-refractivity contribution in [2.75, 3.05) is 0 Å². The van der Waals surface area contributed by atoms with Crippen LogP contribution in [0, 0.1) is 0 Å². The number of fused-ring (bicyclic) bond motifs is 6. The number of nitrogens with one attached hydrogen (secondary N) is 2. The van der Waals surface area contributed by atoms with Gasteiger partial charge in [-0.05, 0) is 68.1 Å². The molecule has 0 radical (unpaired) electrons. The van der Waals surface area contributed by atoms with Gasteiger partial charge in [0, 0.05) is 42.6 Å². The number of aromatic nitrogens is 2. The summed E-state index contributed by atoms with van der Waals surface area (Å²) < 4.78 is 6.59. The highest BCUT2D eigenvalue weighted by atomic mass is 35.5. The van der Waals surface area contributed by atoms with E-state index in [1.54, 1.807) is 0 Å². The minimum Gasteiger partial charge on any atom is -0.486 e. The monoisotopic (exact) mass is 408 g/mol. The normalized spacial score (nSPS) is 15.5. The number of hydrogen-bond donors (Lipinski definition) is 2. The smallest absolute Gasteiger partial charge is 0.167 e. The van der Waals surface area contributed by atoms with Crippen LogP contribution in [0.15, 0.2) is 42.5 Å². The SMILES string of the molecule is Clc1ccc2[nH]c3c(OC4CCCC4)c4[nH]c5ccc(Cl)cc5c4cc3c2c1. The molecule has 0 atom stereocenters. The van der Waals surface area contributed by atoms with Crippen LogP contribution >= 0.6 is 23.2 Å². The lowest BCUT2D eigenvalue weighted by molar-refractivity contribution is 0.215. The van der Waals surface area contributed by atoms with E-state index < -0.39 is 0 Å². The minimum atomic E-state index is 0.263. The summed E-state index contributed by atoms with van der Waals surface area (Å²) in [6.45, 7) is 0. The van der Waals surface area contributed by atoms with Gasteiger partial charge in [-0.25, -0.2) is 0 Å². The summed E-state index contributed by atoms with van der Waals surface area (Å²) in [5.74, 6) is 0.902. The molecule has 0 amide bonds. The van der Waals surface area contributed by atoms with Crippen LogP contribution in [0.3, 0.4) is 0 Å². The zero-order valence-corrected chi connectivity index (χ0v) is 16.6. The molecule has 28 heavy (non-hydrogen) atoms. The van der Waals surface area contributed by atoms with Crippen molar-refractivity contribution in [1.82, 2.24) is 9.97 Å². The third kappa shape index (κ3) is 2.43. The van der Waals surface area contributed by atoms with E-state index in [2.05, 4.69) is 16.0 Å². The van der Waals surface area contributed by atoms with Gasteiger partial charge in [0.05, 0.1) is 17.1 Å². The van der Waals surface area contributed by atoms with Gasteiger partial charge in [-0.15, -0.1) is 0 Å². The van der Waals surface area contributed by atoms with Gasteiger partial charge in [0.25, 0.3) is 0 Å². The van der Waals surface area contributed by atoms with Crippen LogP contribution in [0.25, 0.3) is 43.6 Å². The predicted molar refractivity (Wildman–Crippen MR) is 118 cm³/mol. The van der Waals surface area contributed by atoms with Crippen LogP contribution in [0.1, 0.15) is 25.7 Å². The first kappa shape index (κ1) is 16.6. The van der Waals surface area contributed by atoms with E-state index in [4.69, 9.17) is 27.9 Å². The fraction of sp³-hybridized carbons (Fsp3) is 0.217. The Kier molecular flexibility index (Phi) is 3.59. The average molecular weight is 409 g/mol. The fourth-order valence-electron chi connectivity index (χ4n) is 4.59. The number of ether oxygens (including phenoxy) is 1. The van der Waals surface area contributed by atoms with Gasteiger partial charge in [-0.2, -0.15) is 0 Å². The number of halogens is 2. The van der Waals surface area contributed by atoms with E-state index in [0.717, 1.165) is 72.2 Å². The van der Waals surface area contributed by atoms with Crippen LogP contribution in [0.5, 0.6) is 5.75 Å². The van der Waals surface area contributed by atoms with Crippen molar-refractivity contribution in [1.29, 1.82) is 0 Å². The molecular formula is C23H18Cl2N2O. The summed E-state index contributed by atoms with van der Waals surface area (Å²) in [5, 5.41) is 5.93. The highest BCUT2D eigenvalue weighted by molar-refractivity contribution is 6.33. The molecule has 0 spiro atoms. The van der Waals surface area contributed by atoms with Gasteiger partial charge in [-0.1, -0.05) is 23.2 Å². The van der Waals surface area contributed by atoms with Crippen molar-refractivity contribution in [3.05, 3.63) is 52.5 Å². The highest BCUT2D eigenvalue weighted by Gasteiger charge is 2.22. The molecule has 1 fully saturated rings. The molecule has 3 aromatic carbocycles. The van der Waals surface area contributed by atoms with Crippen LogP contribution in [0.4, 0.5) is 0 Å². The Morgan fingerprint density at radius 1 is 0.714 bits per heavy atom. The molecule has 0 unspecified atom stereocenters. The van der Waals surface area contributed by atoms with E-state index in [1.807, 2.05) is 36.4 Å². The van der Waals surface area contributed by atoms with E-state index in [9.17, 15) is 0 Å². The van der Waals surface area contributed by atoms with E-state index in [0.29, 0.717) is 0 Å². The maximum absolute atomic E-state index is 6.59. The van der Waals surface area contributed by atoms with Crippen molar-refractivity contribution in [2.45, 2.75) is 31.8 Å². The number of aromatic amines is 2. The molecule has 1 saturated carbocycles. The summed E-state index contributed by atoms with van der Waals surface area (Å²) in [6, 6.07) is 14.1. The first-order valence-electron chi connectivity index (χ1n) is 9.69. The average Bonchev–Trinajstić information content (AvgIpc) is 3.39. The van der Waals surface area contributed by atoms with Crippen molar-refractivity contribution in [2.24, 2.45) is 0 Å². The molecule has 1 aliphatic carbocycles. The molecule has 2 N–H and O–H groups in total. The Morgan fingerprint density at radius 3 is 1.79 bits per heavy atom. The number of rotatable bonds is 2. The first-order chi connectivity index (χ1) is 13.7. The molecule has 5 aromatic rings. The summed E-state index contributed by atoms with van der Waals surface area (Å²) in [4.78, 5) is 7.13. The van der Waals surface area contributed by atoms with Crippen molar-refractivity contribution >= 4 is 66.8 Å². The second kappa shape index (κ2) is 6.07.